The maximum absolute atomic E-state index is 12.1. The molecule has 1 amide bonds. The summed E-state index contributed by atoms with van der Waals surface area (Å²) >= 11 is 0. The number of amides is 1. The molecule has 25 heavy (non-hydrogen) atoms. The molecule has 2 aromatic rings. The number of benzene rings is 2. The van der Waals surface area contributed by atoms with Crippen LogP contribution >= 0.6 is 12.4 Å². The smallest absolute Gasteiger partial charge is 0.251 e. The molecule has 0 aliphatic rings. The fourth-order valence-electron chi connectivity index (χ4n) is 2.29. The van der Waals surface area contributed by atoms with E-state index >= 15 is 0 Å². The van der Waals surface area contributed by atoms with E-state index in [1.165, 1.54) is 0 Å². The molecule has 0 heterocycles. The van der Waals surface area contributed by atoms with Gasteiger partial charge in [-0.05, 0) is 29.7 Å². The van der Waals surface area contributed by atoms with Gasteiger partial charge in [0.2, 0.25) is 0 Å². The molecule has 0 atom stereocenters. The molecule has 3 N–H and O–H groups in total. The molecular weight excluding hydrogens is 360 g/mol. The number of hydrogen-bond acceptors (Lipinski definition) is 4. The highest BCUT2D eigenvalue weighted by atomic mass is 35.5. The summed E-state index contributed by atoms with van der Waals surface area (Å²) in [5.74, 6) is -0.129. The topological polar surface area (TPSA) is 89.3 Å². The third-order valence-electron chi connectivity index (χ3n) is 3.60. The highest BCUT2D eigenvalue weighted by Crippen LogP contribution is 2.07. The van der Waals surface area contributed by atoms with E-state index in [-0.39, 0.29) is 29.8 Å². The monoisotopic (exact) mass is 382 g/mol. The first-order valence-electron chi connectivity index (χ1n) is 7.82. The van der Waals surface area contributed by atoms with Crippen LogP contribution in [0.2, 0.25) is 0 Å². The molecular formula is C18H23ClN2O3S. The van der Waals surface area contributed by atoms with Crippen LogP contribution in [0, 0.1) is 0 Å². The first-order valence-corrected chi connectivity index (χ1v) is 9.64. The Morgan fingerprint density at radius 3 is 2.20 bits per heavy atom. The maximum Gasteiger partial charge on any atom is 0.251 e. The first-order chi connectivity index (χ1) is 11.5. The molecule has 0 aromatic heterocycles. The molecule has 0 saturated heterocycles. The van der Waals surface area contributed by atoms with Crippen LogP contribution < -0.4 is 11.1 Å². The van der Waals surface area contributed by atoms with Gasteiger partial charge in [-0.2, -0.15) is 0 Å². The number of carbonyl (C=O) groups excluding carboxylic acids is 1. The van der Waals surface area contributed by atoms with Crippen molar-refractivity contribution < 1.29 is 13.2 Å². The van der Waals surface area contributed by atoms with Gasteiger partial charge in [-0.1, -0.05) is 42.5 Å². The van der Waals surface area contributed by atoms with E-state index in [2.05, 4.69) is 5.32 Å². The van der Waals surface area contributed by atoms with Crippen molar-refractivity contribution in [3.05, 3.63) is 71.3 Å². The minimum absolute atomic E-state index is 0. The zero-order chi connectivity index (χ0) is 17.4. The lowest BCUT2D eigenvalue weighted by Gasteiger charge is -2.07. The van der Waals surface area contributed by atoms with Crippen LogP contribution in [-0.4, -0.2) is 26.6 Å². The predicted molar refractivity (Wildman–Crippen MR) is 102 cm³/mol. The Morgan fingerprint density at radius 1 is 0.960 bits per heavy atom. The van der Waals surface area contributed by atoms with Gasteiger partial charge in [-0.3, -0.25) is 4.79 Å². The summed E-state index contributed by atoms with van der Waals surface area (Å²) in [5, 5.41) is 2.74. The molecule has 2 aromatic carbocycles. The molecule has 5 nitrogen and oxygen atoms in total. The molecule has 0 fully saturated rings. The van der Waals surface area contributed by atoms with Crippen molar-refractivity contribution in [1.29, 1.82) is 0 Å². The molecule has 0 aliphatic heterocycles. The number of sulfone groups is 1. The number of nitrogens with two attached hydrogens (primary N) is 1. The molecule has 2 rings (SSSR count). The van der Waals surface area contributed by atoms with Crippen molar-refractivity contribution in [3.8, 4) is 0 Å². The Morgan fingerprint density at radius 2 is 1.60 bits per heavy atom. The van der Waals surface area contributed by atoms with Gasteiger partial charge in [0, 0.05) is 18.7 Å². The van der Waals surface area contributed by atoms with Crippen LogP contribution in [0.3, 0.4) is 0 Å². The van der Waals surface area contributed by atoms with Gasteiger partial charge in [-0.25, -0.2) is 8.42 Å². The number of halogens is 1. The van der Waals surface area contributed by atoms with E-state index in [4.69, 9.17) is 5.73 Å². The van der Waals surface area contributed by atoms with E-state index in [0.717, 1.165) is 11.1 Å². The van der Waals surface area contributed by atoms with Crippen molar-refractivity contribution >= 4 is 28.2 Å². The first kappa shape index (κ1) is 21.2. The fraction of sp³-hybridized carbons (Fsp3) is 0.278. The molecule has 0 saturated carbocycles. The summed E-state index contributed by atoms with van der Waals surface area (Å²) in [5.41, 5.74) is 7.79. The SMILES string of the molecule is Cl.NCc1ccc(C(=O)NCCCS(=O)(=O)Cc2ccccc2)cc1. The lowest BCUT2D eigenvalue weighted by Crippen LogP contribution is -2.26. The number of nitrogens with one attached hydrogen (secondary N) is 1. The van der Waals surface area contributed by atoms with Crippen molar-refractivity contribution in [2.75, 3.05) is 12.3 Å². The van der Waals surface area contributed by atoms with E-state index in [0.29, 0.717) is 25.1 Å². The third-order valence-corrected chi connectivity index (χ3v) is 5.28. The molecule has 0 spiro atoms. The minimum atomic E-state index is -3.17. The Labute approximate surface area is 155 Å². The van der Waals surface area contributed by atoms with Crippen LogP contribution in [0.25, 0.3) is 0 Å². The zero-order valence-electron chi connectivity index (χ0n) is 13.9. The van der Waals surface area contributed by atoms with E-state index in [1.807, 2.05) is 18.2 Å². The van der Waals surface area contributed by atoms with Gasteiger partial charge in [0.15, 0.2) is 9.84 Å². The van der Waals surface area contributed by atoms with Crippen LogP contribution in [0.1, 0.15) is 27.9 Å². The second-order valence-corrected chi connectivity index (χ2v) is 7.77. The highest BCUT2D eigenvalue weighted by molar-refractivity contribution is 7.90. The maximum atomic E-state index is 12.1. The van der Waals surface area contributed by atoms with Gasteiger partial charge in [0.25, 0.3) is 5.91 Å². The van der Waals surface area contributed by atoms with Crippen LogP contribution in [0.15, 0.2) is 54.6 Å². The Hall–Kier alpha value is -1.89. The highest BCUT2D eigenvalue weighted by Gasteiger charge is 2.12. The summed E-state index contributed by atoms with van der Waals surface area (Å²) in [6.07, 6.45) is 0.391. The summed E-state index contributed by atoms with van der Waals surface area (Å²) < 4.78 is 24.1. The van der Waals surface area contributed by atoms with Gasteiger partial charge < -0.3 is 11.1 Å². The Bertz CT molecular complexity index is 763. The van der Waals surface area contributed by atoms with Gasteiger partial charge >= 0.3 is 0 Å². The van der Waals surface area contributed by atoms with Crippen molar-refractivity contribution in [2.24, 2.45) is 5.73 Å². The van der Waals surface area contributed by atoms with E-state index in [1.54, 1.807) is 36.4 Å². The number of carbonyl (C=O) groups is 1. The summed E-state index contributed by atoms with van der Waals surface area (Å²) in [6, 6.07) is 16.1. The number of rotatable bonds is 8. The summed E-state index contributed by atoms with van der Waals surface area (Å²) in [6.45, 7) is 0.757. The Balaban J connectivity index is 0.00000312. The second kappa shape index (κ2) is 10.2. The van der Waals surface area contributed by atoms with Crippen LogP contribution in [0.5, 0.6) is 0 Å². The normalized spacial score (nSPS) is 10.8. The van der Waals surface area contributed by atoms with E-state index < -0.39 is 9.84 Å². The molecule has 0 radical (unpaired) electrons. The second-order valence-electron chi connectivity index (χ2n) is 5.59. The zero-order valence-corrected chi connectivity index (χ0v) is 15.5. The van der Waals surface area contributed by atoms with Crippen LogP contribution in [-0.2, 0) is 22.1 Å². The predicted octanol–water partition coefficient (Wildman–Crippen LogP) is 2.30. The molecule has 7 heteroatoms. The molecule has 0 unspecified atom stereocenters. The fourth-order valence-corrected chi connectivity index (χ4v) is 3.72. The van der Waals surface area contributed by atoms with Crippen molar-refractivity contribution in [2.45, 2.75) is 18.7 Å². The van der Waals surface area contributed by atoms with E-state index in [9.17, 15) is 13.2 Å². The summed E-state index contributed by atoms with van der Waals surface area (Å²) in [7, 11) is -3.17. The third kappa shape index (κ3) is 7.25. The summed E-state index contributed by atoms with van der Waals surface area (Å²) in [4.78, 5) is 12.0. The van der Waals surface area contributed by atoms with Crippen molar-refractivity contribution in [3.63, 3.8) is 0 Å². The van der Waals surface area contributed by atoms with Crippen molar-refractivity contribution in [1.82, 2.24) is 5.32 Å². The standard InChI is InChI=1S/C18H22N2O3S.ClH/c19-13-15-7-9-17(10-8-15)18(21)20-11-4-12-24(22,23)14-16-5-2-1-3-6-16;/h1-3,5-10H,4,11-14,19H2,(H,20,21);1H. The average molecular weight is 383 g/mol. The average Bonchev–Trinajstić information content (AvgIpc) is 2.59. The quantitative estimate of drug-likeness (QED) is 0.685. The minimum Gasteiger partial charge on any atom is -0.352 e. The Kier molecular flexibility index (Phi) is 8.61. The number of hydrogen-bond donors (Lipinski definition) is 2. The van der Waals surface area contributed by atoms with Crippen LogP contribution in [0.4, 0.5) is 0 Å². The largest absolute Gasteiger partial charge is 0.352 e. The lowest BCUT2D eigenvalue weighted by molar-refractivity contribution is 0.0953. The van der Waals surface area contributed by atoms with Gasteiger partial charge in [-0.15, -0.1) is 12.4 Å². The molecule has 136 valence electrons. The molecule has 0 aliphatic carbocycles. The van der Waals surface area contributed by atoms with Gasteiger partial charge in [0.1, 0.15) is 0 Å². The van der Waals surface area contributed by atoms with Gasteiger partial charge in [0.05, 0.1) is 11.5 Å². The lowest BCUT2D eigenvalue weighted by atomic mass is 10.1. The molecule has 0 bridgehead atoms.